The maximum absolute atomic E-state index is 12.4. The van der Waals surface area contributed by atoms with E-state index in [4.69, 9.17) is 23.2 Å². The SMILES string of the molecule is Cc1ccc2[nH]c(-c3ccccn3)c(CCCC(=O)Nc3cc(Cl)cc(Cl)c3)c2c1. The van der Waals surface area contributed by atoms with Crippen LogP contribution in [0.1, 0.15) is 24.0 Å². The molecule has 152 valence electrons. The number of anilines is 1. The molecule has 2 aromatic heterocycles. The summed E-state index contributed by atoms with van der Waals surface area (Å²) >= 11 is 12.0. The summed E-state index contributed by atoms with van der Waals surface area (Å²) in [5.74, 6) is -0.0660. The first-order valence-electron chi connectivity index (χ1n) is 9.78. The van der Waals surface area contributed by atoms with Gasteiger partial charge in [0.1, 0.15) is 0 Å². The Balaban J connectivity index is 1.52. The van der Waals surface area contributed by atoms with Crippen molar-refractivity contribution in [1.29, 1.82) is 0 Å². The lowest BCUT2D eigenvalue weighted by Crippen LogP contribution is -2.11. The lowest BCUT2D eigenvalue weighted by Gasteiger charge is -2.08. The van der Waals surface area contributed by atoms with Gasteiger partial charge in [-0.15, -0.1) is 0 Å². The number of carbonyl (C=O) groups is 1. The standard InChI is InChI=1S/C24H21Cl2N3O/c1-15-8-9-21-20(11-15)19(24(29-21)22-6-2-3-10-27-22)5-4-7-23(30)28-18-13-16(25)12-17(26)14-18/h2-3,6,8-14,29H,4-5,7H2,1H3,(H,28,30). The summed E-state index contributed by atoms with van der Waals surface area (Å²) in [5.41, 5.74) is 5.98. The lowest BCUT2D eigenvalue weighted by atomic mass is 10.0. The van der Waals surface area contributed by atoms with Crippen molar-refractivity contribution >= 4 is 45.7 Å². The van der Waals surface area contributed by atoms with Crippen LogP contribution in [0.5, 0.6) is 0 Å². The lowest BCUT2D eigenvalue weighted by molar-refractivity contribution is -0.116. The quantitative estimate of drug-likeness (QED) is 0.348. The number of fused-ring (bicyclic) bond motifs is 1. The van der Waals surface area contributed by atoms with Crippen molar-refractivity contribution in [3.63, 3.8) is 0 Å². The minimum absolute atomic E-state index is 0.0660. The highest BCUT2D eigenvalue weighted by molar-refractivity contribution is 6.35. The molecule has 0 saturated heterocycles. The second-order valence-corrected chi connectivity index (χ2v) is 8.18. The predicted molar refractivity (Wildman–Crippen MR) is 124 cm³/mol. The van der Waals surface area contributed by atoms with E-state index in [0.29, 0.717) is 28.6 Å². The molecule has 1 amide bonds. The summed E-state index contributed by atoms with van der Waals surface area (Å²) in [5, 5.41) is 5.03. The van der Waals surface area contributed by atoms with Crippen LogP contribution in [-0.2, 0) is 11.2 Å². The number of aryl methyl sites for hydroxylation is 2. The summed E-state index contributed by atoms with van der Waals surface area (Å²) < 4.78 is 0. The van der Waals surface area contributed by atoms with E-state index in [1.54, 1.807) is 24.4 Å². The van der Waals surface area contributed by atoms with Gasteiger partial charge in [-0.25, -0.2) is 0 Å². The number of H-pyrrole nitrogens is 1. The van der Waals surface area contributed by atoms with Crippen LogP contribution in [0.2, 0.25) is 10.0 Å². The minimum atomic E-state index is -0.0660. The molecular weight excluding hydrogens is 417 g/mol. The first kappa shape index (κ1) is 20.5. The zero-order chi connectivity index (χ0) is 21.1. The normalized spacial score (nSPS) is 11.0. The van der Waals surface area contributed by atoms with Crippen LogP contribution in [0.25, 0.3) is 22.3 Å². The van der Waals surface area contributed by atoms with E-state index in [9.17, 15) is 4.79 Å². The fourth-order valence-corrected chi connectivity index (χ4v) is 4.15. The first-order valence-corrected chi connectivity index (χ1v) is 10.5. The highest BCUT2D eigenvalue weighted by Gasteiger charge is 2.15. The van der Waals surface area contributed by atoms with E-state index in [1.165, 1.54) is 16.5 Å². The number of pyridine rings is 1. The zero-order valence-electron chi connectivity index (χ0n) is 16.5. The Morgan fingerprint density at radius 2 is 1.87 bits per heavy atom. The second kappa shape index (κ2) is 8.90. The maximum atomic E-state index is 12.4. The van der Waals surface area contributed by atoms with E-state index < -0.39 is 0 Å². The summed E-state index contributed by atoms with van der Waals surface area (Å²) in [4.78, 5) is 20.4. The monoisotopic (exact) mass is 437 g/mol. The molecule has 30 heavy (non-hydrogen) atoms. The Kier molecular flexibility index (Phi) is 6.07. The fourth-order valence-electron chi connectivity index (χ4n) is 3.63. The smallest absolute Gasteiger partial charge is 0.224 e. The number of carbonyl (C=O) groups excluding carboxylic acids is 1. The van der Waals surface area contributed by atoms with Gasteiger partial charge in [-0.2, -0.15) is 0 Å². The van der Waals surface area contributed by atoms with Crippen LogP contribution < -0.4 is 5.32 Å². The van der Waals surface area contributed by atoms with Crippen LogP contribution in [-0.4, -0.2) is 15.9 Å². The van der Waals surface area contributed by atoms with Gasteiger partial charge in [0, 0.05) is 39.3 Å². The van der Waals surface area contributed by atoms with Gasteiger partial charge < -0.3 is 10.3 Å². The molecule has 4 aromatic rings. The van der Waals surface area contributed by atoms with Gasteiger partial charge in [-0.3, -0.25) is 9.78 Å². The van der Waals surface area contributed by atoms with Crippen LogP contribution in [0, 0.1) is 6.92 Å². The largest absolute Gasteiger partial charge is 0.353 e. The van der Waals surface area contributed by atoms with E-state index in [0.717, 1.165) is 23.3 Å². The summed E-state index contributed by atoms with van der Waals surface area (Å²) in [6.07, 6.45) is 3.66. The number of benzene rings is 2. The van der Waals surface area contributed by atoms with E-state index in [-0.39, 0.29) is 5.91 Å². The second-order valence-electron chi connectivity index (χ2n) is 7.30. The maximum Gasteiger partial charge on any atom is 0.224 e. The van der Waals surface area contributed by atoms with Crippen molar-refractivity contribution in [2.24, 2.45) is 0 Å². The molecule has 4 nitrogen and oxygen atoms in total. The molecule has 0 radical (unpaired) electrons. The van der Waals surface area contributed by atoms with Crippen molar-refractivity contribution in [1.82, 2.24) is 9.97 Å². The Bertz CT molecular complexity index is 1180. The van der Waals surface area contributed by atoms with Crippen LogP contribution >= 0.6 is 23.2 Å². The molecule has 0 aliphatic rings. The topological polar surface area (TPSA) is 57.8 Å². The molecule has 0 aliphatic carbocycles. The number of aromatic nitrogens is 2. The van der Waals surface area contributed by atoms with Gasteiger partial charge in [0.15, 0.2) is 0 Å². The summed E-state index contributed by atoms with van der Waals surface area (Å²) in [7, 11) is 0. The number of nitrogens with one attached hydrogen (secondary N) is 2. The Hall–Kier alpha value is -2.82. The molecule has 0 aliphatic heterocycles. The Morgan fingerprint density at radius 1 is 1.07 bits per heavy atom. The third-order valence-corrected chi connectivity index (χ3v) is 5.40. The molecule has 2 N–H and O–H groups in total. The van der Waals surface area contributed by atoms with Crippen molar-refractivity contribution in [3.8, 4) is 11.4 Å². The van der Waals surface area contributed by atoms with Crippen molar-refractivity contribution < 1.29 is 4.79 Å². The fraction of sp³-hybridized carbons (Fsp3) is 0.167. The average molecular weight is 438 g/mol. The first-order chi connectivity index (χ1) is 14.5. The molecule has 0 atom stereocenters. The highest BCUT2D eigenvalue weighted by atomic mass is 35.5. The number of nitrogens with zero attached hydrogens (tertiary/aromatic N) is 1. The van der Waals surface area contributed by atoms with Gasteiger partial charge in [0.25, 0.3) is 0 Å². The highest BCUT2D eigenvalue weighted by Crippen LogP contribution is 2.31. The van der Waals surface area contributed by atoms with Gasteiger partial charge in [-0.1, -0.05) is 40.9 Å². The van der Waals surface area contributed by atoms with Crippen molar-refractivity contribution in [2.45, 2.75) is 26.2 Å². The van der Waals surface area contributed by atoms with E-state index in [1.807, 2.05) is 18.2 Å². The van der Waals surface area contributed by atoms with Gasteiger partial charge in [0.2, 0.25) is 5.91 Å². The molecular formula is C24H21Cl2N3O. The molecule has 2 heterocycles. The molecule has 4 rings (SSSR count). The predicted octanol–water partition coefficient (Wildman–Crippen LogP) is 6.81. The summed E-state index contributed by atoms with van der Waals surface area (Å²) in [6, 6.07) is 17.3. The molecule has 0 fully saturated rings. The van der Waals surface area contributed by atoms with Gasteiger partial charge in [-0.05, 0) is 67.8 Å². The Labute approximate surface area is 185 Å². The van der Waals surface area contributed by atoms with E-state index >= 15 is 0 Å². The number of halogens is 2. The number of hydrogen-bond donors (Lipinski definition) is 2. The molecule has 0 spiro atoms. The van der Waals surface area contributed by atoms with Crippen molar-refractivity contribution in [3.05, 3.63) is 82.0 Å². The zero-order valence-corrected chi connectivity index (χ0v) is 18.0. The molecule has 2 aromatic carbocycles. The number of amides is 1. The number of aromatic amines is 1. The average Bonchev–Trinajstić information content (AvgIpc) is 3.06. The molecule has 6 heteroatoms. The minimum Gasteiger partial charge on any atom is -0.353 e. The Morgan fingerprint density at radius 3 is 2.60 bits per heavy atom. The number of rotatable bonds is 6. The van der Waals surface area contributed by atoms with E-state index in [2.05, 4.69) is 40.4 Å². The van der Waals surface area contributed by atoms with Gasteiger partial charge in [0.05, 0.1) is 11.4 Å². The third kappa shape index (κ3) is 4.66. The van der Waals surface area contributed by atoms with Crippen LogP contribution in [0.4, 0.5) is 5.69 Å². The summed E-state index contributed by atoms with van der Waals surface area (Å²) in [6.45, 7) is 2.08. The number of hydrogen-bond acceptors (Lipinski definition) is 2. The van der Waals surface area contributed by atoms with Crippen molar-refractivity contribution in [2.75, 3.05) is 5.32 Å². The molecule has 0 bridgehead atoms. The third-order valence-electron chi connectivity index (χ3n) is 4.96. The van der Waals surface area contributed by atoms with Crippen LogP contribution in [0.15, 0.2) is 60.8 Å². The van der Waals surface area contributed by atoms with Gasteiger partial charge >= 0.3 is 0 Å². The van der Waals surface area contributed by atoms with Crippen LogP contribution in [0.3, 0.4) is 0 Å². The molecule has 0 saturated carbocycles. The molecule has 0 unspecified atom stereocenters.